The van der Waals surface area contributed by atoms with Crippen LogP contribution in [0.2, 0.25) is 0 Å². The third-order valence-corrected chi connectivity index (χ3v) is 3.70. The number of rotatable bonds is 0. The lowest BCUT2D eigenvalue weighted by molar-refractivity contribution is 0.466. The fourth-order valence-electron chi connectivity index (χ4n) is 2.87. The highest BCUT2D eigenvalue weighted by Gasteiger charge is 2.28. The number of aryl methyl sites for hydroxylation is 1. The molecule has 0 aliphatic carbocycles. The van der Waals surface area contributed by atoms with E-state index in [2.05, 4.69) is 35.3 Å². The standard InChI is InChI=1S/C13H18N2/c1-10-5-4-7-12-13(10)14-9-11-6-2-3-8-15(11)12/h4-5,7,11,14H,2-3,6,8-9H2,1H3. The SMILES string of the molecule is Cc1cccc2c1NCC1CCCCN21. The highest BCUT2D eigenvalue weighted by molar-refractivity contribution is 5.76. The minimum Gasteiger partial charge on any atom is -0.381 e. The van der Waals surface area contributed by atoms with Gasteiger partial charge in [-0.05, 0) is 37.8 Å². The first-order chi connectivity index (χ1) is 7.36. The zero-order chi connectivity index (χ0) is 10.3. The zero-order valence-electron chi connectivity index (χ0n) is 9.29. The predicted octanol–water partition coefficient (Wildman–Crippen LogP) is 2.78. The van der Waals surface area contributed by atoms with E-state index in [9.17, 15) is 0 Å². The molecule has 0 bridgehead atoms. The summed E-state index contributed by atoms with van der Waals surface area (Å²) in [6, 6.07) is 7.35. The van der Waals surface area contributed by atoms with Crippen molar-refractivity contribution in [3.05, 3.63) is 23.8 Å². The quantitative estimate of drug-likeness (QED) is 0.696. The van der Waals surface area contributed by atoms with E-state index < -0.39 is 0 Å². The van der Waals surface area contributed by atoms with E-state index in [1.165, 1.54) is 42.7 Å². The summed E-state index contributed by atoms with van der Waals surface area (Å²) in [5, 5.41) is 3.59. The Kier molecular flexibility index (Phi) is 2.08. The topological polar surface area (TPSA) is 15.3 Å². The lowest BCUT2D eigenvalue weighted by Gasteiger charge is -2.43. The highest BCUT2D eigenvalue weighted by Crippen LogP contribution is 2.36. The Morgan fingerprint density at radius 3 is 3.20 bits per heavy atom. The molecule has 2 nitrogen and oxygen atoms in total. The summed E-state index contributed by atoms with van der Waals surface area (Å²) < 4.78 is 0. The summed E-state index contributed by atoms with van der Waals surface area (Å²) in [7, 11) is 0. The van der Waals surface area contributed by atoms with Crippen molar-refractivity contribution in [1.29, 1.82) is 0 Å². The predicted molar refractivity (Wildman–Crippen MR) is 64.7 cm³/mol. The molecule has 2 heteroatoms. The molecule has 1 fully saturated rings. The second kappa shape index (κ2) is 3.44. The van der Waals surface area contributed by atoms with Crippen LogP contribution in [0, 0.1) is 6.92 Å². The molecule has 15 heavy (non-hydrogen) atoms. The Bertz CT molecular complexity index is 373. The van der Waals surface area contributed by atoms with Crippen molar-refractivity contribution >= 4 is 11.4 Å². The first kappa shape index (κ1) is 9.08. The van der Waals surface area contributed by atoms with Gasteiger partial charge in [-0.2, -0.15) is 0 Å². The van der Waals surface area contributed by atoms with Crippen LogP contribution in [0.4, 0.5) is 11.4 Å². The summed E-state index contributed by atoms with van der Waals surface area (Å²) >= 11 is 0. The number of fused-ring (bicyclic) bond motifs is 3. The fourth-order valence-corrected chi connectivity index (χ4v) is 2.87. The van der Waals surface area contributed by atoms with Crippen molar-refractivity contribution in [2.24, 2.45) is 0 Å². The first-order valence-electron chi connectivity index (χ1n) is 5.96. The number of piperidine rings is 1. The molecule has 3 rings (SSSR count). The van der Waals surface area contributed by atoms with Crippen molar-refractivity contribution in [3.8, 4) is 0 Å². The van der Waals surface area contributed by atoms with Crippen LogP contribution in [0.25, 0.3) is 0 Å². The van der Waals surface area contributed by atoms with Crippen molar-refractivity contribution in [2.75, 3.05) is 23.3 Å². The molecule has 0 spiro atoms. The second-order valence-corrected chi connectivity index (χ2v) is 4.69. The Morgan fingerprint density at radius 2 is 2.27 bits per heavy atom. The Balaban J connectivity index is 2.03. The summed E-state index contributed by atoms with van der Waals surface area (Å²) in [5.41, 5.74) is 4.15. The van der Waals surface area contributed by atoms with E-state index >= 15 is 0 Å². The van der Waals surface area contributed by atoms with Crippen LogP contribution in [-0.4, -0.2) is 19.1 Å². The molecule has 1 aromatic rings. The number of para-hydroxylation sites is 1. The first-order valence-corrected chi connectivity index (χ1v) is 5.96. The maximum Gasteiger partial charge on any atom is 0.0608 e. The van der Waals surface area contributed by atoms with Gasteiger partial charge in [0.2, 0.25) is 0 Å². The largest absolute Gasteiger partial charge is 0.381 e. The van der Waals surface area contributed by atoms with Gasteiger partial charge in [0.1, 0.15) is 0 Å². The maximum absolute atomic E-state index is 3.59. The summed E-state index contributed by atoms with van der Waals surface area (Å²) in [6.07, 6.45) is 4.09. The molecule has 2 heterocycles. The molecule has 80 valence electrons. The second-order valence-electron chi connectivity index (χ2n) is 4.69. The van der Waals surface area contributed by atoms with E-state index in [1.54, 1.807) is 0 Å². The van der Waals surface area contributed by atoms with Gasteiger partial charge in [0.05, 0.1) is 11.4 Å². The van der Waals surface area contributed by atoms with Crippen molar-refractivity contribution in [1.82, 2.24) is 0 Å². The van der Waals surface area contributed by atoms with Crippen LogP contribution in [0.15, 0.2) is 18.2 Å². The average Bonchev–Trinajstić information content (AvgIpc) is 2.29. The van der Waals surface area contributed by atoms with Crippen molar-refractivity contribution < 1.29 is 0 Å². The molecule has 0 radical (unpaired) electrons. The fraction of sp³-hybridized carbons (Fsp3) is 0.538. The third kappa shape index (κ3) is 1.39. The molecule has 1 N–H and O–H groups in total. The van der Waals surface area contributed by atoms with Crippen LogP contribution in [0.1, 0.15) is 24.8 Å². The van der Waals surface area contributed by atoms with Gasteiger partial charge in [0.15, 0.2) is 0 Å². The van der Waals surface area contributed by atoms with Crippen LogP contribution >= 0.6 is 0 Å². The molecule has 0 amide bonds. The van der Waals surface area contributed by atoms with E-state index in [0.29, 0.717) is 0 Å². The molecular weight excluding hydrogens is 184 g/mol. The van der Waals surface area contributed by atoms with Gasteiger partial charge in [-0.1, -0.05) is 12.1 Å². The lowest BCUT2D eigenvalue weighted by Crippen LogP contribution is -2.47. The Morgan fingerprint density at radius 1 is 1.33 bits per heavy atom. The van der Waals surface area contributed by atoms with Crippen LogP contribution in [0.3, 0.4) is 0 Å². The summed E-state index contributed by atoms with van der Waals surface area (Å²) in [5.74, 6) is 0. The molecule has 2 aliphatic heterocycles. The molecule has 1 atom stereocenters. The van der Waals surface area contributed by atoms with Gasteiger partial charge in [-0.3, -0.25) is 0 Å². The average molecular weight is 202 g/mol. The number of benzene rings is 1. The molecular formula is C13H18N2. The van der Waals surface area contributed by atoms with E-state index in [-0.39, 0.29) is 0 Å². The number of nitrogens with zero attached hydrogens (tertiary/aromatic N) is 1. The third-order valence-electron chi connectivity index (χ3n) is 3.70. The molecule has 0 saturated carbocycles. The van der Waals surface area contributed by atoms with Crippen molar-refractivity contribution in [2.45, 2.75) is 32.2 Å². The normalized spacial score (nSPS) is 24.1. The van der Waals surface area contributed by atoms with Crippen LogP contribution < -0.4 is 10.2 Å². The van der Waals surface area contributed by atoms with Crippen molar-refractivity contribution in [3.63, 3.8) is 0 Å². The van der Waals surface area contributed by atoms with E-state index in [0.717, 1.165) is 12.6 Å². The van der Waals surface area contributed by atoms with Gasteiger partial charge >= 0.3 is 0 Å². The van der Waals surface area contributed by atoms with Gasteiger partial charge in [0.25, 0.3) is 0 Å². The highest BCUT2D eigenvalue weighted by atomic mass is 15.2. The smallest absolute Gasteiger partial charge is 0.0608 e. The Labute approximate surface area is 91.3 Å². The number of hydrogen-bond donors (Lipinski definition) is 1. The number of anilines is 2. The van der Waals surface area contributed by atoms with Gasteiger partial charge < -0.3 is 10.2 Å². The van der Waals surface area contributed by atoms with Crippen LogP contribution in [0.5, 0.6) is 0 Å². The maximum atomic E-state index is 3.59. The number of nitrogens with one attached hydrogen (secondary N) is 1. The Hall–Kier alpha value is -1.18. The van der Waals surface area contributed by atoms with Gasteiger partial charge in [-0.15, -0.1) is 0 Å². The van der Waals surface area contributed by atoms with Gasteiger partial charge in [-0.25, -0.2) is 0 Å². The molecule has 1 unspecified atom stereocenters. The summed E-state index contributed by atoms with van der Waals surface area (Å²) in [4.78, 5) is 2.60. The monoisotopic (exact) mass is 202 g/mol. The van der Waals surface area contributed by atoms with E-state index in [1.807, 2.05) is 0 Å². The molecule has 0 aromatic heterocycles. The summed E-state index contributed by atoms with van der Waals surface area (Å²) in [6.45, 7) is 4.55. The molecule has 1 aromatic carbocycles. The molecule has 1 saturated heterocycles. The minimum atomic E-state index is 0.730. The number of hydrogen-bond acceptors (Lipinski definition) is 2. The van der Waals surface area contributed by atoms with Gasteiger partial charge in [0, 0.05) is 19.1 Å². The molecule has 2 aliphatic rings. The zero-order valence-corrected chi connectivity index (χ0v) is 9.29. The van der Waals surface area contributed by atoms with Crippen LogP contribution in [-0.2, 0) is 0 Å². The minimum absolute atomic E-state index is 0.730. The van der Waals surface area contributed by atoms with E-state index in [4.69, 9.17) is 0 Å². The lowest BCUT2D eigenvalue weighted by atomic mass is 9.97.